The molecule has 0 bridgehead atoms. The van der Waals surface area contributed by atoms with Gasteiger partial charge in [-0.05, 0) is 23.8 Å². The van der Waals surface area contributed by atoms with Gasteiger partial charge in [0.25, 0.3) is 0 Å². The number of carbonyl (C=O) groups is 2. The van der Waals surface area contributed by atoms with Gasteiger partial charge >= 0.3 is 0 Å². The molecule has 4 rings (SSSR count). The Hall–Kier alpha value is -2.86. The van der Waals surface area contributed by atoms with E-state index in [1.165, 1.54) is 0 Å². The number of rotatable bonds is 4. The highest BCUT2D eigenvalue weighted by atomic mass is 35.5. The molecule has 2 amide bonds. The number of fused-ring (bicyclic) bond motifs is 1. The number of para-hydroxylation sites is 1. The van der Waals surface area contributed by atoms with Crippen LogP contribution in [-0.4, -0.2) is 28.6 Å². The number of halogens is 1. The number of aromatic nitrogens is 2. The molecule has 2 aromatic carbocycles. The second-order valence-electron chi connectivity index (χ2n) is 6.31. The van der Waals surface area contributed by atoms with Gasteiger partial charge in [-0.15, -0.1) is 0 Å². The molecule has 1 fully saturated rings. The maximum atomic E-state index is 12.5. The second kappa shape index (κ2) is 6.80. The Morgan fingerprint density at radius 2 is 2.00 bits per heavy atom. The first kappa shape index (κ1) is 16.6. The molecular weight excluding hydrogens is 352 g/mol. The van der Waals surface area contributed by atoms with E-state index < -0.39 is 5.92 Å². The highest BCUT2D eigenvalue weighted by molar-refractivity contribution is 6.31. The maximum Gasteiger partial charge on any atom is 0.229 e. The fourth-order valence-corrected chi connectivity index (χ4v) is 3.41. The van der Waals surface area contributed by atoms with Crippen molar-refractivity contribution in [2.45, 2.75) is 13.0 Å². The second-order valence-corrected chi connectivity index (χ2v) is 6.71. The highest BCUT2D eigenvalue weighted by Gasteiger charge is 2.36. The summed E-state index contributed by atoms with van der Waals surface area (Å²) in [5.41, 5.74) is 1.71. The van der Waals surface area contributed by atoms with Gasteiger partial charge in [-0.2, -0.15) is 5.10 Å². The first-order valence-corrected chi connectivity index (χ1v) is 8.76. The van der Waals surface area contributed by atoms with Crippen molar-refractivity contribution >= 4 is 40.1 Å². The summed E-state index contributed by atoms with van der Waals surface area (Å²) in [6, 6.07) is 15.0. The van der Waals surface area contributed by atoms with Crippen LogP contribution in [0.3, 0.4) is 0 Å². The Bertz CT molecular complexity index is 984. The van der Waals surface area contributed by atoms with Gasteiger partial charge in [0.15, 0.2) is 5.82 Å². The van der Waals surface area contributed by atoms with Crippen molar-refractivity contribution in [1.29, 1.82) is 0 Å². The average molecular weight is 369 g/mol. The minimum absolute atomic E-state index is 0.0971. The third-order valence-corrected chi connectivity index (χ3v) is 4.98. The van der Waals surface area contributed by atoms with Gasteiger partial charge in [0.05, 0.1) is 11.4 Å². The van der Waals surface area contributed by atoms with E-state index in [1.807, 2.05) is 42.5 Å². The van der Waals surface area contributed by atoms with Gasteiger partial charge in [0, 0.05) is 29.9 Å². The first-order chi connectivity index (χ1) is 12.6. The van der Waals surface area contributed by atoms with Crippen molar-refractivity contribution < 1.29 is 9.59 Å². The van der Waals surface area contributed by atoms with Crippen LogP contribution in [0.2, 0.25) is 5.02 Å². The molecular formula is C19H17ClN4O2. The van der Waals surface area contributed by atoms with Crippen LogP contribution in [0.25, 0.3) is 10.9 Å². The standard InChI is InChI=1S/C19H17ClN4O2/c20-15-7-3-1-5-12(15)10-21-19(26)13-9-17(25)24(11-13)18-14-6-2-4-8-16(14)22-23-18/h1-8,13H,9-11H2,(H,21,26)(H,22,23). The summed E-state index contributed by atoms with van der Waals surface area (Å²) in [4.78, 5) is 26.5. The van der Waals surface area contributed by atoms with Crippen LogP contribution in [0.15, 0.2) is 48.5 Å². The van der Waals surface area contributed by atoms with Crippen LogP contribution in [0.4, 0.5) is 5.82 Å². The average Bonchev–Trinajstić information content (AvgIpc) is 3.24. The number of carbonyl (C=O) groups excluding carboxylic acids is 2. The molecule has 1 atom stereocenters. The SMILES string of the molecule is O=C(NCc1ccccc1Cl)C1CC(=O)N(c2n[nH]c3ccccc23)C1. The van der Waals surface area contributed by atoms with Crippen LogP contribution in [0.1, 0.15) is 12.0 Å². The Balaban J connectivity index is 1.46. The Morgan fingerprint density at radius 3 is 2.85 bits per heavy atom. The summed E-state index contributed by atoms with van der Waals surface area (Å²) in [5.74, 6) is -0.0757. The molecule has 1 aromatic heterocycles. The number of anilines is 1. The highest BCUT2D eigenvalue weighted by Crippen LogP contribution is 2.29. The number of benzene rings is 2. The van der Waals surface area contributed by atoms with Crippen LogP contribution >= 0.6 is 11.6 Å². The Morgan fingerprint density at radius 1 is 1.23 bits per heavy atom. The first-order valence-electron chi connectivity index (χ1n) is 8.38. The number of H-pyrrole nitrogens is 1. The van der Waals surface area contributed by atoms with Crippen LogP contribution in [-0.2, 0) is 16.1 Å². The normalized spacial score (nSPS) is 17.0. The number of hydrogen-bond acceptors (Lipinski definition) is 3. The van der Waals surface area contributed by atoms with E-state index in [0.717, 1.165) is 16.5 Å². The Labute approximate surface area is 155 Å². The molecule has 2 N–H and O–H groups in total. The molecule has 1 saturated heterocycles. The van der Waals surface area contributed by atoms with E-state index >= 15 is 0 Å². The van der Waals surface area contributed by atoms with Gasteiger partial charge < -0.3 is 5.32 Å². The summed E-state index contributed by atoms with van der Waals surface area (Å²) in [6.07, 6.45) is 0.176. The molecule has 3 aromatic rings. The molecule has 0 radical (unpaired) electrons. The number of nitrogens with zero attached hydrogens (tertiary/aromatic N) is 2. The summed E-state index contributed by atoms with van der Waals surface area (Å²) < 4.78 is 0. The lowest BCUT2D eigenvalue weighted by molar-refractivity contribution is -0.126. The zero-order chi connectivity index (χ0) is 18.1. The topological polar surface area (TPSA) is 78.1 Å². The lowest BCUT2D eigenvalue weighted by atomic mass is 10.1. The van der Waals surface area contributed by atoms with Crippen molar-refractivity contribution in [3.63, 3.8) is 0 Å². The van der Waals surface area contributed by atoms with E-state index in [0.29, 0.717) is 23.9 Å². The number of aromatic amines is 1. The summed E-state index contributed by atoms with van der Waals surface area (Å²) in [6.45, 7) is 0.663. The van der Waals surface area contributed by atoms with Crippen LogP contribution in [0, 0.1) is 5.92 Å². The molecule has 1 aliphatic rings. The summed E-state index contributed by atoms with van der Waals surface area (Å²) >= 11 is 6.11. The van der Waals surface area contributed by atoms with Crippen molar-refractivity contribution in [2.75, 3.05) is 11.4 Å². The van der Waals surface area contributed by atoms with Crippen molar-refractivity contribution in [2.24, 2.45) is 5.92 Å². The lowest BCUT2D eigenvalue weighted by Gasteiger charge is -2.14. The van der Waals surface area contributed by atoms with E-state index in [9.17, 15) is 9.59 Å². The number of amides is 2. The van der Waals surface area contributed by atoms with Gasteiger partial charge in [-0.1, -0.05) is 41.9 Å². The van der Waals surface area contributed by atoms with Crippen molar-refractivity contribution in [1.82, 2.24) is 15.5 Å². The molecule has 26 heavy (non-hydrogen) atoms. The largest absolute Gasteiger partial charge is 0.352 e. The van der Waals surface area contributed by atoms with Gasteiger partial charge in [-0.3, -0.25) is 19.6 Å². The summed E-state index contributed by atoms with van der Waals surface area (Å²) in [5, 5.41) is 11.5. The minimum atomic E-state index is -0.402. The zero-order valence-electron chi connectivity index (χ0n) is 13.9. The third-order valence-electron chi connectivity index (χ3n) is 4.61. The van der Waals surface area contributed by atoms with E-state index in [2.05, 4.69) is 15.5 Å². The predicted molar refractivity (Wildman–Crippen MR) is 99.9 cm³/mol. The van der Waals surface area contributed by atoms with Gasteiger partial charge in [0.2, 0.25) is 11.8 Å². The summed E-state index contributed by atoms with van der Waals surface area (Å²) in [7, 11) is 0. The van der Waals surface area contributed by atoms with E-state index in [4.69, 9.17) is 11.6 Å². The fourth-order valence-electron chi connectivity index (χ4n) is 3.21. The molecule has 132 valence electrons. The Kier molecular flexibility index (Phi) is 4.34. The molecule has 6 nitrogen and oxygen atoms in total. The van der Waals surface area contributed by atoms with Crippen LogP contribution in [0.5, 0.6) is 0 Å². The van der Waals surface area contributed by atoms with Crippen LogP contribution < -0.4 is 10.2 Å². The maximum absolute atomic E-state index is 12.5. The van der Waals surface area contributed by atoms with Crippen molar-refractivity contribution in [3.8, 4) is 0 Å². The minimum Gasteiger partial charge on any atom is -0.352 e. The molecule has 2 heterocycles. The van der Waals surface area contributed by atoms with E-state index in [-0.39, 0.29) is 18.2 Å². The molecule has 0 saturated carbocycles. The smallest absolute Gasteiger partial charge is 0.229 e. The number of nitrogens with one attached hydrogen (secondary N) is 2. The monoisotopic (exact) mass is 368 g/mol. The van der Waals surface area contributed by atoms with Gasteiger partial charge in [0.1, 0.15) is 0 Å². The molecule has 7 heteroatoms. The zero-order valence-corrected chi connectivity index (χ0v) is 14.7. The predicted octanol–water partition coefficient (Wildman–Crippen LogP) is 2.89. The quantitative estimate of drug-likeness (QED) is 0.743. The molecule has 1 unspecified atom stereocenters. The molecule has 0 spiro atoms. The van der Waals surface area contributed by atoms with Gasteiger partial charge in [-0.25, -0.2) is 0 Å². The van der Waals surface area contributed by atoms with Crippen molar-refractivity contribution in [3.05, 3.63) is 59.1 Å². The third kappa shape index (κ3) is 3.04. The molecule has 0 aliphatic carbocycles. The van der Waals surface area contributed by atoms with E-state index in [1.54, 1.807) is 11.0 Å². The molecule has 1 aliphatic heterocycles. The fraction of sp³-hybridized carbons (Fsp3) is 0.211. The lowest BCUT2D eigenvalue weighted by Crippen LogP contribution is -2.32. The number of hydrogen-bond donors (Lipinski definition) is 2.